The predicted molar refractivity (Wildman–Crippen MR) is 86.2 cm³/mol. The second kappa shape index (κ2) is 6.49. The Morgan fingerprint density at radius 1 is 1.33 bits per heavy atom. The van der Waals surface area contributed by atoms with E-state index in [-0.39, 0.29) is 0 Å². The van der Waals surface area contributed by atoms with Gasteiger partial charge in [-0.2, -0.15) is 5.26 Å². The summed E-state index contributed by atoms with van der Waals surface area (Å²) in [5.74, 6) is 0.779. The van der Waals surface area contributed by atoms with Crippen molar-refractivity contribution in [1.82, 2.24) is 5.32 Å². The number of hydrogen-bond donors (Lipinski definition) is 1. The highest BCUT2D eigenvalue weighted by atomic mass is 15.1. The topological polar surface area (TPSA) is 39.1 Å². The third kappa shape index (κ3) is 3.57. The quantitative estimate of drug-likeness (QED) is 0.899. The molecule has 0 aromatic heterocycles. The fourth-order valence-corrected chi connectivity index (χ4v) is 3.23. The number of hydrogen-bond acceptors (Lipinski definition) is 3. The van der Waals surface area contributed by atoms with Crippen molar-refractivity contribution in [3.05, 3.63) is 29.3 Å². The van der Waals surface area contributed by atoms with Gasteiger partial charge in [-0.1, -0.05) is 19.4 Å². The fraction of sp³-hybridized carbons (Fsp3) is 0.611. The fourth-order valence-electron chi connectivity index (χ4n) is 3.23. The number of nitriles is 1. The Bertz CT molecular complexity index is 528. The predicted octanol–water partition coefficient (Wildman–Crippen LogP) is 3.44. The van der Waals surface area contributed by atoms with Crippen LogP contribution in [0.15, 0.2) is 18.2 Å². The first-order valence-corrected chi connectivity index (χ1v) is 8.31. The van der Waals surface area contributed by atoms with E-state index in [1.54, 1.807) is 0 Å². The molecule has 3 nitrogen and oxygen atoms in total. The molecule has 1 aliphatic heterocycles. The molecule has 3 rings (SSSR count). The van der Waals surface area contributed by atoms with Gasteiger partial charge in [-0.3, -0.25) is 0 Å². The highest BCUT2D eigenvalue weighted by molar-refractivity contribution is 5.60. The van der Waals surface area contributed by atoms with Gasteiger partial charge in [0.25, 0.3) is 0 Å². The van der Waals surface area contributed by atoms with E-state index in [1.165, 1.54) is 37.7 Å². The number of rotatable bonds is 5. The van der Waals surface area contributed by atoms with Crippen LogP contribution in [-0.4, -0.2) is 19.1 Å². The first kappa shape index (κ1) is 14.4. The second-order valence-corrected chi connectivity index (χ2v) is 6.48. The van der Waals surface area contributed by atoms with E-state index in [0.29, 0.717) is 6.04 Å². The van der Waals surface area contributed by atoms with Crippen LogP contribution in [0.25, 0.3) is 0 Å². The zero-order chi connectivity index (χ0) is 14.7. The molecule has 0 bridgehead atoms. The number of nitrogens with one attached hydrogen (secondary N) is 1. The Hall–Kier alpha value is -1.53. The molecule has 1 aliphatic carbocycles. The van der Waals surface area contributed by atoms with Crippen LogP contribution < -0.4 is 10.2 Å². The van der Waals surface area contributed by atoms with Crippen molar-refractivity contribution in [3.63, 3.8) is 0 Å². The van der Waals surface area contributed by atoms with Crippen LogP contribution in [0, 0.1) is 17.2 Å². The lowest BCUT2D eigenvalue weighted by Gasteiger charge is -2.34. The first-order valence-electron chi connectivity index (χ1n) is 8.31. The summed E-state index contributed by atoms with van der Waals surface area (Å²) in [4.78, 5) is 2.41. The van der Waals surface area contributed by atoms with Gasteiger partial charge in [0.1, 0.15) is 6.07 Å². The molecule has 2 fully saturated rings. The van der Waals surface area contributed by atoms with E-state index < -0.39 is 0 Å². The van der Waals surface area contributed by atoms with E-state index in [4.69, 9.17) is 0 Å². The van der Waals surface area contributed by atoms with Crippen molar-refractivity contribution < 1.29 is 0 Å². The minimum Gasteiger partial charge on any atom is -0.370 e. The van der Waals surface area contributed by atoms with E-state index in [1.807, 2.05) is 0 Å². The van der Waals surface area contributed by atoms with Crippen LogP contribution in [0.5, 0.6) is 0 Å². The normalized spacial score (nSPS) is 22.1. The average Bonchev–Trinajstić information content (AvgIpc) is 3.37. The molecule has 1 N–H and O–H groups in total. The van der Waals surface area contributed by atoms with Gasteiger partial charge >= 0.3 is 0 Å². The molecule has 21 heavy (non-hydrogen) atoms. The molecule has 112 valence electrons. The van der Waals surface area contributed by atoms with Crippen LogP contribution in [0.2, 0.25) is 0 Å². The molecular formula is C18H25N3. The molecule has 1 unspecified atom stereocenters. The summed E-state index contributed by atoms with van der Waals surface area (Å²) in [5, 5.41) is 13.0. The molecule has 1 heterocycles. The number of benzene rings is 1. The van der Waals surface area contributed by atoms with Crippen LogP contribution in [0.4, 0.5) is 5.69 Å². The zero-order valence-corrected chi connectivity index (χ0v) is 12.9. The number of anilines is 1. The molecule has 0 spiro atoms. The van der Waals surface area contributed by atoms with Crippen molar-refractivity contribution in [2.45, 2.75) is 51.6 Å². The summed E-state index contributed by atoms with van der Waals surface area (Å²) in [6.45, 7) is 5.35. The Morgan fingerprint density at radius 2 is 2.19 bits per heavy atom. The van der Waals surface area contributed by atoms with Crippen molar-refractivity contribution in [3.8, 4) is 6.07 Å². The highest BCUT2D eigenvalue weighted by Crippen LogP contribution is 2.28. The summed E-state index contributed by atoms with van der Waals surface area (Å²) in [7, 11) is 0. The van der Waals surface area contributed by atoms with E-state index in [9.17, 15) is 5.26 Å². The standard InChI is InChI=1S/C18H25N3/c1-2-14-4-3-9-21(13-14)18-8-5-15(10-16(18)11-19)12-20-17-6-7-17/h5,8,10,14,17,20H,2-4,6-7,9,12-13H2,1H3. The van der Waals surface area contributed by atoms with Crippen LogP contribution in [0.3, 0.4) is 0 Å². The number of nitrogens with zero attached hydrogens (tertiary/aromatic N) is 2. The Balaban J connectivity index is 1.73. The van der Waals surface area contributed by atoms with Gasteiger partial charge < -0.3 is 10.2 Å². The van der Waals surface area contributed by atoms with Crippen LogP contribution in [0.1, 0.15) is 50.2 Å². The third-order valence-electron chi connectivity index (χ3n) is 4.79. The van der Waals surface area contributed by atoms with Crippen LogP contribution >= 0.6 is 0 Å². The summed E-state index contributed by atoms with van der Waals surface area (Å²) in [5.41, 5.74) is 3.19. The lowest BCUT2D eigenvalue weighted by Crippen LogP contribution is -2.35. The minimum atomic E-state index is 0.711. The molecule has 1 saturated heterocycles. The van der Waals surface area contributed by atoms with Gasteiger partial charge in [0, 0.05) is 25.7 Å². The Morgan fingerprint density at radius 3 is 2.90 bits per heavy atom. The molecule has 0 radical (unpaired) electrons. The first-order chi connectivity index (χ1) is 10.3. The van der Waals surface area contributed by atoms with Gasteiger partial charge in [-0.05, 0) is 49.3 Å². The lowest BCUT2D eigenvalue weighted by molar-refractivity contribution is 0.404. The van der Waals surface area contributed by atoms with Crippen molar-refractivity contribution >= 4 is 5.69 Å². The van der Waals surface area contributed by atoms with Crippen molar-refractivity contribution in [2.75, 3.05) is 18.0 Å². The summed E-state index contributed by atoms with van der Waals surface area (Å²) >= 11 is 0. The molecule has 2 aliphatic rings. The molecule has 3 heteroatoms. The summed E-state index contributed by atoms with van der Waals surface area (Å²) < 4.78 is 0. The molecule has 0 amide bonds. The third-order valence-corrected chi connectivity index (χ3v) is 4.79. The van der Waals surface area contributed by atoms with Crippen molar-refractivity contribution in [2.24, 2.45) is 5.92 Å². The maximum atomic E-state index is 9.49. The lowest BCUT2D eigenvalue weighted by atomic mass is 9.94. The van der Waals surface area contributed by atoms with Gasteiger partial charge in [0.15, 0.2) is 0 Å². The second-order valence-electron chi connectivity index (χ2n) is 6.48. The maximum Gasteiger partial charge on any atom is 0.101 e. The largest absolute Gasteiger partial charge is 0.370 e. The van der Waals surface area contributed by atoms with Gasteiger partial charge in [0.05, 0.1) is 11.3 Å². The maximum absolute atomic E-state index is 9.49. The molecule has 1 aromatic carbocycles. The van der Waals surface area contributed by atoms with E-state index in [2.05, 4.69) is 41.4 Å². The molecule has 1 aromatic rings. The van der Waals surface area contributed by atoms with Gasteiger partial charge in [-0.15, -0.1) is 0 Å². The van der Waals surface area contributed by atoms with E-state index in [0.717, 1.165) is 36.8 Å². The monoisotopic (exact) mass is 283 g/mol. The molecular weight excluding hydrogens is 258 g/mol. The smallest absolute Gasteiger partial charge is 0.101 e. The van der Waals surface area contributed by atoms with Gasteiger partial charge in [-0.25, -0.2) is 0 Å². The SMILES string of the molecule is CCC1CCCN(c2ccc(CNC3CC3)cc2C#N)C1. The Kier molecular flexibility index (Phi) is 4.45. The summed E-state index contributed by atoms with van der Waals surface area (Å²) in [6.07, 6.45) is 6.42. The Labute approximate surface area is 128 Å². The average molecular weight is 283 g/mol. The minimum absolute atomic E-state index is 0.711. The zero-order valence-electron chi connectivity index (χ0n) is 12.9. The highest BCUT2D eigenvalue weighted by Gasteiger charge is 2.22. The molecule has 1 saturated carbocycles. The number of piperidine rings is 1. The molecule has 1 atom stereocenters. The van der Waals surface area contributed by atoms with E-state index >= 15 is 0 Å². The van der Waals surface area contributed by atoms with Crippen molar-refractivity contribution in [1.29, 1.82) is 5.26 Å². The van der Waals surface area contributed by atoms with Gasteiger partial charge in [0.2, 0.25) is 0 Å². The summed E-state index contributed by atoms with van der Waals surface area (Å²) in [6, 6.07) is 9.52. The van der Waals surface area contributed by atoms with Crippen LogP contribution in [-0.2, 0) is 6.54 Å².